The minimum absolute atomic E-state index is 0.166. The molecule has 0 aromatic carbocycles. The number of aliphatic hydroxyl groups excluding tert-OH is 2. The summed E-state index contributed by atoms with van der Waals surface area (Å²) in [5, 5.41) is 17.8. The van der Waals surface area contributed by atoms with E-state index in [1.165, 1.54) is 0 Å². The highest BCUT2D eigenvalue weighted by molar-refractivity contribution is 6.76. The fraction of sp³-hybridized carbons (Fsp3) is 1.00. The van der Waals surface area contributed by atoms with Crippen LogP contribution in [0.15, 0.2) is 0 Å². The van der Waals surface area contributed by atoms with E-state index in [-0.39, 0.29) is 13.2 Å². The van der Waals surface area contributed by atoms with Crippen molar-refractivity contribution in [1.29, 1.82) is 0 Å². The standard InChI is InChI=1S/C7H21NO3Si2/c8-2-1-5-13(11-12,6-3-9)7-4-10/h9-10H,1-8H2,12H3. The van der Waals surface area contributed by atoms with Crippen LogP contribution in [0.2, 0.25) is 18.1 Å². The average molecular weight is 223 g/mol. The predicted octanol–water partition coefficient (Wildman–Crippen LogP) is -1.44. The normalized spacial score (nSPS) is 12.2. The zero-order chi connectivity index (χ0) is 10.2. The fourth-order valence-electron chi connectivity index (χ4n) is 1.51. The van der Waals surface area contributed by atoms with Crippen molar-refractivity contribution in [1.82, 2.24) is 0 Å². The Labute approximate surface area is 83.8 Å². The molecule has 0 aromatic rings. The zero-order valence-electron chi connectivity index (χ0n) is 8.33. The van der Waals surface area contributed by atoms with E-state index in [1.807, 2.05) is 0 Å². The molecule has 0 amide bonds. The second-order valence-electron chi connectivity index (χ2n) is 3.23. The van der Waals surface area contributed by atoms with E-state index in [4.69, 9.17) is 20.1 Å². The third kappa shape index (κ3) is 4.89. The van der Waals surface area contributed by atoms with Crippen LogP contribution in [0.25, 0.3) is 0 Å². The van der Waals surface area contributed by atoms with E-state index in [0.717, 1.165) is 24.6 Å². The first-order chi connectivity index (χ1) is 6.24. The number of hydrogen-bond donors (Lipinski definition) is 3. The molecule has 0 atom stereocenters. The summed E-state index contributed by atoms with van der Waals surface area (Å²) in [6.45, 7) is 0.995. The molecule has 0 rings (SSSR count). The van der Waals surface area contributed by atoms with Gasteiger partial charge in [0.1, 0.15) is 10.5 Å². The summed E-state index contributed by atoms with van der Waals surface area (Å²) in [5.41, 5.74) is 5.44. The van der Waals surface area contributed by atoms with E-state index in [1.54, 1.807) is 0 Å². The molecule has 0 aliphatic carbocycles. The van der Waals surface area contributed by atoms with Gasteiger partial charge in [-0.2, -0.15) is 0 Å². The Morgan fingerprint density at radius 2 is 1.69 bits per heavy atom. The van der Waals surface area contributed by atoms with Crippen LogP contribution in [0, 0.1) is 0 Å². The Hall–Kier alpha value is 0.274. The highest BCUT2D eigenvalue weighted by Crippen LogP contribution is 2.22. The number of rotatable bonds is 8. The predicted molar refractivity (Wildman–Crippen MR) is 59.0 cm³/mol. The minimum atomic E-state index is -1.81. The molecule has 0 radical (unpaired) electrons. The lowest BCUT2D eigenvalue weighted by atomic mass is 10.5. The molecule has 0 fully saturated rings. The lowest BCUT2D eigenvalue weighted by Crippen LogP contribution is -2.39. The van der Waals surface area contributed by atoms with Gasteiger partial charge in [0.25, 0.3) is 0 Å². The Morgan fingerprint density at radius 3 is 2.00 bits per heavy atom. The van der Waals surface area contributed by atoms with Gasteiger partial charge in [-0.3, -0.25) is 0 Å². The van der Waals surface area contributed by atoms with Gasteiger partial charge in [-0.15, -0.1) is 0 Å². The molecule has 4 N–H and O–H groups in total. The van der Waals surface area contributed by atoms with E-state index >= 15 is 0 Å². The molecule has 0 saturated heterocycles. The number of nitrogens with two attached hydrogens (primary N) is 1. The maximum absolute atomic E-state index is 8.92. The molecular formula is C7H21NO3Si2. The van der Waals surface area contributed by atoms with Crippen LogP contribution in [0.4, 0.5) is 0 Å². The minimum Gasteiger partial charge on any atom is -0.463 e. The second-order valence-corrected chi connectivity index (χ2v) is 8.73. The van der Waals surface area contributed by atoms with Crippen molar-refractivity contribution in [2.75, 3.05) is 19.8 Å². The van der Waals surface area contributed by atoms with Gasteiger partial charge in [0, 0.05) is 13.2 Å². The molecule has 0 heterocycles. The summed E-state index contributed by atoms with van der Waals surface area (Å²) < 4.78 is 5.62. The second kappa shape index (κ2) is 7.66. The van der Waals surface area contributed by atoms with E-state index in [0.29, 0.717) is 17.0 Å². The van der Waals surface area contributed by atoms with Gasteiger partial charge >= 0.3 is 0 Å². The first-order valence-electron chi connectivity index (χ1n) is 4.71. The topological polar surface area (TPSA) is 75.7 Å². The summed E-state index contributed by atoms with van der Waals surface area (Å²) in [4.78, 5) is 0. The van der Waals surface area contributed by atoms with Gasteiger partial charge in [-0.05, 0) is 31.1 Å². The summed E-state index contributed by atoms with van der Waals surface area (Å²) in [5.74, 6) is 0. The van der Waals surface area contributed by atoms with Crippen LogP contribution in [0.3, 0.4) is 0 Å². The van der Waals surface area contributed by atoms with Crippen molar-refractivity contribution in [2.45, 2.75) is 24.6 Å². The Balaban J connectivity index is 4.07. The SMILES string of the molecule is NCCC[Si](CCO)(CCO)O[SiH3]. The lowest BCUT2D eigenvalue weighted by Gasteiger charge is -2.29. The molecule has 0 unspecified atom stereocenters. The molecule has 80 valence electrons. The third-order valence-electron chi connectivity index (χ3n) is 2.40. The number of hydrogen-bond acceptors (Lipinski definition) is 4. The van der Waals surface area contributed by atoms with Crippen LogP contribution >= 0.6 is 0 Å². The molecule has 0 aromatic heterocycles. The van der Waals surface area contributed by atoms with Crippen LogP contribution < -0.4 is 5.73 Å². The van der Waals surface area contributed by atoms with E-state index in [9.17, 15) is 0 Å². The largest absolute Gasteiger partial charge is 0.463 e. The Morgan fingerprint density at radius 1 is 1.15 bits per heavy atom. The maximum atomic E-state index is 8.92. The van der Waals surface area contributed by atoms with Crippen LogP contribution in [0.1, 0.15) is 6.42 Å². The van der Waals surface area contributed by atoms with Gasteiger partial charge in [0.05, 0.1) is 0 Å². The summed E-state index contributed by atoms with van der Waals surface area (Å²) in [6, 6.07) is 2.43. The van der Waals surface area contributed by atoms with Crippen molar-refractivity contribution >= 4 is 18.8 Å². The van der Waals surface area contributed by atoms with E-state index in [2.05, 4.69) is 0 Å². The molecule has 6 heteroatoms. The Kier molecular flexibility index (Phi) is 7.82. The molecule has 4 nitrogen and oxygen atoms in total. The molecule has 0 aliphatic heterocycles. The number of aliphatic hydroxyl groups is 2. The van der Waals surface area contributed by atoms with Crippen molar-refractivity contribution < 1.29 is 14.3 Å². The van der Waals surface area contributed by atoms with Gasteiger partial charge in [-0.1, -0.05) is 0 Å². The fourth-order valence-corrected chi connectivity index (χ4v) is 6.38. The van der Waals surface area contributed by atoms with E-state index < -0.39 is 8.32 Å². The molecule has 0 spiro atoms. The molecular weight excluding hydrogens is 202 g/mol. The summed E-state index contributed by atoms with van der Waals surface area (Å²) in [6.07, 6.45) is 0.939. The monoisotopic (exact) mass is 223 g/mol. The average Bonchev–Trinajstić information content (AvgIpc) is 2.15. The first-order valence-corrected chi connectivity index (χ1v) is 8.06. The first kappa shape index (κ1) is 13.3. The van der Waals surface area contributed by atoms with Gasteiger partial charge in [0.2, 0.25) is 0 Å². The highest BCUT2D eigenvalue weighted by atomic mass is 28.4. The van der Waals surface area contributed by atoms with Crippen molar-refractivity contribution in [2.24, 2.45) is 5.73 Å². The Bertz CT molecular complexity index is 120. The van der Waals surface area contributed by atoms with Crippen molar-refractivity contribution in [3.8, 4) is 0 Å². The third-order valence-corrected chi connectivity index (χ3v) is 9.40. The van der Waals surface area contributed by atoms with Crippen LogP contribution in [-0.4, -0.2) is 48.8 Å². The van der Waals surface area contributed by atoms with Gasteiger partial charge in [-0.25, -0.2) is 0 Å². The van der Waals surface area contributed by atoms with Gasteiger partial charge in [0.15, 0.2) is 8.32 Å². The smallest absolute Gasteiger partial charge is 0.183 e. The summed E-state index contributed by atoms with van der Waals surface area (Å²) in [7, 11) is -1.12. The maximum Gasteiger partial charge on any atom is 0.183 e. The van der Waals surface area contributed by atoms with Crippen molar-refractivity contribution in [3.05, 3.63) is 0 Å². The van der Waals surface area contributed by atoms with Crippen LogP contribution in [-0.2, 0) is 4.12 Å². The highest BCUT2D eigenvalue weighted by Gasteiger charge is 2.31. The summed E-state index contributed by atoms with van der Waals surface area (Å²) >= 11 is 0. The van der Waals surface area contributed by atoms with Crippen molar-refractivity contribution in [3.63, 3.8) is 0 Å². The molecule has 0 bridgehead atoms. The van der Waals surface area contributed by atoms with Crippen LogP contribution in [0.5, 0.6) is 0 Å². The zero-order valence-corrected chi connectivity index (χ0v) is 11.3. The lowest BCUT2D eigenvalue weighted by molar-refractivity contribution is 0.297. The quantitative estimate of drug-likeness (QED) is 0.441. The molecule has 0 aliphatic rings. The molecule has 13 heavy (non-hydrogen) atoms. The van der Waals surface area contributed by atoms with Gasteiger partial charge < -0.3 is 20.1 Å². The molecule has 0 saturated carbocycles.